The third-order valence-electron chi connectivity index (χ3n) is 4.61. The fourth-order valence-electron chi connectivity index (χ4n) is 3.61. The molecule has 0 N–H and O–H groups in total. The normalized spacial score (nSPS) is 26.5. The molecule has 3 rings (SSSR count). The van der Waals surface area contributed by atoms with Gasteiger partial charge >= 0.3 is 6.09 Å². The lowest BCUT2D eigenvalue weighted by atomic mass is 10.00. The molecule has 2 saturated heterocycles. The Morgan fingerprint density at radius 3 is 2.58 bits per heavy atom. The van der Waals surface area contributed by atoms with Crippen molar-refractivity contribution in [2.45, 2.75) is 76.9 Å². The molecule has 2 aliphatic rings. The first kappa shape index (κ1) is 17.1. The first-order valence-corrected chi connectivity index (χ1v) is 8.56. The van der Waals surface area contributed by atoms with Gasteiger partial charge in [0, 0.05) is 23.8 Å². The van der Waals surface area contributed by atoms with E-state index in [0.717, 1.165) is 25.7 Å². The van der Waals surface area contributed by atoms with Gasteiger partial charge < -0.3 is 14.4 Å². The van der Waals surface area contributed by atoms with E-state index in [9.17, 15) is 9.18 Å². The minimum absolute atomic E-state index is 0.0424. The second-order valence-electron chi connectivity index (χ2n) is 7.63. The van der Waals surface area contributed by atoms with E-state index >= 15 is 0 Å². The number of amides is 1. The van der Waals surface area contributed by atoms with Crippen LogP contribution in [0.2, 0.25) is 0 Å². The number of piperidine rings is 1. The van der Waals surface area contributed by atoms with E-state index in [0.29, 0.717) is 5.56 Å². The Kier molecular flexibility index (Phi) is 4.76. The van der Waals surface area contributed by atoms with Gasteiger partial charge in [0.05, 0.1) is 12.7 Å². The zero-order valence-electron chi connectivity index (χ0n) is 14.5. The van der Waals surface area contributed by atoms with Gasteiger partial charge in [-0.3, -0.25) is 0 Å². The number of hydrogen-bond donors (Lipinski definition) is 0. The summed E-state index contributed by atoms with van der Waals surface area (Å²) >= 11 is 0. The van der Waals surface area contributed by atoms with Crippen molar-refractivity contribution >= 4 is 6.09 Å². The quantitative estimate of drug-likeness (QED) is 0.790. The van der Waals surface area contributed by atoms with Crippen LogP contribution in [0.3, 0.4) is 0 Å². The summed E-state index contributed by atoms with van der Waals surface area (Å²) in [5.74, 6) is -0.480. The van der Waals surface area contributed by atoms with Gasteiger partial charge in [-0.1, -0.05) is 6.07 Å². The summed E-state index contributed by atoms with van der Waals surface area (Å²) in [6, 6.07) is 3.70. The fraction of sp³-hybridized carbons (Fsp3) is 0.667. The molecule has 3 heterocycles. The molecule has 24 heavy (non-hydrogen) atoms. The lowest BCUT2D eigenvalue weighted by Gasteiger charge is -2.39. The number of halogens is 1. The fourth-order valence-corrected chi connectivity index (χ4v) is 3.61. The van der Waals surface area contributed by atoms with Crippen LogP contribution < -0.4 is 0 Å². The summed E-state index contributed by atoms with van der Waals surface area (Å²) in [7, 11) is 0. The standard InChI is InChI=1S/C18H25FN2O3/c1-18(2,3)24-17(22)21-13-6-7-14(21)10-15(9-13)23-11-12-5-4-8-20-16(12)19/h4-5,8,13-15H,6-7,9-11H2,1-3H3. The monoisotopic (exact) mass is 336 g/mol. The second kappa shape index (κ2) is 6.67. The van der Waals surface area contributed by atoms with Crippen molar-refractivity contribution in [2.75, 3.05) is 0 Å². The smallest absolute Gasteiger partial charge is 0.410 e. The molecule has 2 unspecified atom stereocenters. The summed E-state index contributed by atoms with van der Waals surface area (Å²) < 4.78 is 25.0. The van der Waals surface area contributed by atoms with Crippen LogP contribution in [0.5, 0.6) is 0 Å². The molecular weight excluding hydrogens is 311 g/mol. The van der Waals surface area contributed by atoms with Crippen LogP contribution in [0, 0.1) is 5.95 Å². The van der Waals surface area contributed by atoms with E-state index in [2.05, 4.69) is 4.98 Å². The maximum absolute atomic E-state index is 13.6. The molecule has 0 aromatic carbocycles. The largest absolute Gasteiger partial charge is 0.444 e. The molecule has 0 aliphatic carbocycles. The Morgan fingerprint density at radius 2 is 2.00 bits per heavy atom. The first-order valence-electron chi connectivity index (χ1n) is 8.56. The summed E-state index contributed by atoms with van der Waals surface area (Å²) in [6.45, 7) is 5.86. The van der Waals surface area contributed by atoms with Crippen molar-refractivity contribution in [2.24, 2.45) is 0 Å². The highest BCUT2D eigenvalue weighted by atomic mass is 19.1. The Morgan fingerprint density at radius 1 is 1.33 bits per heavy atom. The topological polar surface area (TPSA) is 51.7 Å². The maximum atomic E-state index is 13.6. The van der Waals surface area contributed by atoms with Gasteiger partial charge in [0.15, 0.2) is 0 Å². The lowest BCUT2D eigenvalue weighted by Crippen LogP contribution is -2.50. The van der Waals surface area contributed by atoms with Crippen molar-refractivity contribution < 1.29 is 18.7 Å². The van der Waals surface area contributed by atoms with Gasteiger partial charge in [-0.05, 0) is 52.5 Å². The van der Waals surface area contributed by atoms with Gasteiger partial charge in [0.25, 0.3) is 0 Å². The number of fused-ring (bicyclic) bond motifs is 2. The maximum Gasteiger partial charge on any atom is 0.410 e. The van der Waals surface area contributed by atoms with Crippen LogP contribution in [0.4, 0.5) is 9.18 Å². The van der Waals surface area contributed by atoms with Gasteiger partial charge in [-0.15, -0.1) is 0 Å². The highest BCUT2D eigenvalue weighted by molar-refractivity contribution is 5.69. The Labute approximate surface area is 142 Å². The summed E-state index contributed by atoms with van der Waals surface area (Å²) in [5, 5.41) is 0. The SMILES string of the molecule is CC(C)(C)OC(=O)N1C2CCC1CC(OCc1cccnc1F)C2. The number of rotatable bonds is 3. The molecule has 6 heteroatoms. The van der Waals surface area contributed by atoms with E-state index in [1.165, 1.54) is 6.20 Å². The molecule has 2 bridgehead atoms. The van der Waals surface area contributed by atoms with Gasteiger partial charge in [-0.2, -0.15) is 4.39 Å². The van der Waals surface area contributed by atoms with Gasteiger partial charge in [-0.25, -0.2) is 9.78 Å². The number of carbonyl (C=O) groups excluding carboxylic acids is 1. The number of pyridine rings is 1. The molecule has 2 atom stereocenters. The summed E-state index contributed by atoms with van der Waals surface area (Å²) in [5.41, 5.74) is -0.0127. The summed E-state index contributed by atoms with van der Waals surface area (Å²) in [4.78, 5) is 17.9. The average molecular weight is 336 g/mol. The van der Waals surface area contributed by atoms with Crippen LogP contribution in [0.15, 0.2) is 18.3 Å². The third kappa shape index (κ3) is 3.86. The van der Waals surface area contributed by atoms with E-state index in [-0.39, 0.29) is 30.9 Å². The number of hydrogen-bond acceptors (Lipinski definition) is 4. The molecule has 0 spiro atoms. The molecule has 1 amide bonds. The molecule has 0 radical (unpaired) electrons. The Balaban J connectivity index is 1.57. The Hall–Kier alpha value is -1.69. The molecule has 2 fully saturated rings. The van der Waals surface area contributed by atoms with Crippen molar-refractivity contribution in [3.05, 3.63) is 29.8 Å². The predicted molar refractivity (Wildman–Crippen MR) is 86.9 cm³/mol. The average Bonchev–Trinajstić information content (AvgIpc) is 2.76. The minimum Gasteiger partial charge on any atom is -0.444 e. The molecule has 5 nitrogen and oxygen atoms in total. The van der Waals surface area contributed by atoms with Crippen LogP contribution in [-0.4, -0.2) is 39.8 Å². The zero-order valence-corrected chi connectivity index (χ0v) is 14.5. The third-order valence-corrected chi connectivity index (χ3v) is 4.61. The Bertz CT molecular complexity index is 588. The predicted octanol–water partition coefficient (Wildman–Crippen LogP) is 3.67. The van der Waals surface area contributed by atoms with E-state index in [1.807, 2.05) is 25.7 Å². The van der Waals surface area contributed by atoms with Crippen LogP contribution in [-0.2, 0) is 16.1 Å². The lowest BCUT2D eigenvalue weighted by molar-refractivity contribution is -0.0402. The number of carbonyl (C=O) groups is 1. The molecule has 2 aliphatic heterocycles. The molecule has 0 saturated carbocycles. The van der Waals surface area contributed by atoms with Crippen molar-refractivity contribution in [3.63, 3.8) is 0 Å². The van der Waals surface area contributed by atoms with Crippen LogP contribution >= 0.6 is 0 Å². The van der Waals surface area contributed by atoms with Crippen molar-refractivity contribution in [1.82, 2.24) is 9.88 Å². The van der Waals surface area contributed by atoms with E-state index < -0.39 is 11.5 Å². The number of aromatic nitrogens is 1. The molecule has 132 valence electrons. The minimum atomic E-state index is -0.484. The van der Waals surface area contributed by atoms with Crippen molar-refractivity contribution in [3.8, 4) is 0 Å². The van der Waals surface area contributed by atoms with Crippen LogP contribution in [0.25, 0.3) is 0 Å². The molecular formula is C18H25FN2O3. The molecule has 1 aromatic heterocycles. The van der Waals surface area contributed by atoms with Crippen LogP contribution in [0.1, 0.15) is 52.0 Å². The first-order chi connectivity index (χ1) is 11.3. The zero-order chi connectivity index (χ0) is 17.3. The number of ether oxygens (including phenoxy) is 2. The van der Waals surface area contributed by atoms with E-state index in [1.54, 1.807) is 12.1 Å². The van der Waals surface area contributed by atoms with Gasteiger partial charge in [0.1, 0.15) is 5.60 Å². The number of nitrogens with zero attached hydrogens (tertiary/aromatic N) is 2. The van der Waals surface area contributed by atoms with E-state index in [4.69, 9.17) is 9.47 Å². The highest BCUT2D eigenvalue weighted by Crippen LogP contribution is 2.38. The second-order valence-corrected chi connectivity index (χ2v) is 7.63. The highest BCUT2D eigenvalue weighted by Gasteiger charge is 2.45. The van der Waals surface area contributed by atoms with Gasteiger partial charge in [0.2, 0.25) is 5.95 Å². The molecule has 1 aromatic rings. The summed E-state index contributed by atoms with van der Waals surface area (Å²) in [6.07, 6.45) is 4.75. The van der Waals surface area contributed by atoms with Crippen molar-refractivity contribution in [1.29, 1.82) is 0 Å².